The summed E-state index contributed by atoms with van der Waals surface area (Å²) in [5.74, 6) is 1.35. The first-order valence-corrected chi connectivity index (χ1v) is 46.0. The molecule has 4 heteroatoms. The molecule has 4 aliphatic rings. The van der Waals surface area contributed by atoms with Crippen LogP contribution < -0.4 is 0 Å². The number of hydrogen-bond donors (Lipinski definition) is 0. The van der Waals surface area contributed by atoms with Gasteiger partial charge >= 0.3 is 0 Å². The first-order valence-electron chi connectivity index (χ1n) is 46.0. The van der Waals surface area contributed by atoms with E-state index in [1.165, 1.54) is 166 Å². The highest BCUT2D eigenvalue weighted by Gasteiger charge is 2.49. The molecule has 20 aromatic carbocycles. The van der Waals surface area contributed by atoms with Gasteiger partial charge in [-0.1, -0.05) is 416 Å². The monoisotopic (exact) mass is 1680 g/mol. The van der Waals surface area contributed by atoms with E-state index in [0.717, 1.165) is 77.9 Å². The Morgan fingerprint density at radius 2 is 0.470 bits per heavy atom. The predicted molar refractivity (Wildman–Crippen MR) is 546 cm³/mol. The molecule has 0 spiro atoms. The van der Waals surface area contributed by atoms with Gasteiger partial charge in [0.05, 0.1) is 33.6 Å². The Kier molecular flexibility index (Phi) is 17.2. The Morgan fingerprint density at radius 1 is 0.152 bits per heavy atom. The van der Waals surface area contributed by atoms with E-state index in [1.54, 1.807) is 0 Å². The fraction of sp³-hybridized carbons (Fsp3) is 0.0625. The van der Waals surface area contributed by atoms with Crippen molar-refractivity contribution in [3.05, 3.63) is 516 Å². The topological polar surface area (TPSA) is 51.6 Å². The molecule has 0 fully saturated rings. The van der Waals surface area contributed by atoms with E-state index in [4.69, 9.17) is 19.9 Å². The van der Waals surface area contributed by atoms with Crippen molar-refractivity contribution < 1.29 is 0 Å². The molecule has 0 aliphatic heterocycles. The van der Waals surface area contributed by atoms with Crippen LogP contribution in [0.2, 0.25) is 0 Å². The number of fused-ring (bicyclic) bond motifs is 16. The molecule has 2 heterocycles. The lowest BCUT2D eigenvalue weighted by Crippen LogP contribution is -2.28. The zero-order chi connectivity index (χ0) is 87.7. The molecule has 4 aliphatic carbocycles. The van der Waals surface area contributed by atoms with Crippen molar-refractivity contribution in [2.24, 2.45) is 0 Å². The van der Waals surface area contributed by atoms with Crippen LogP contribution in [0.4, 0.5) is 0 Å². The fourth-order valence-electron chi connectivity index (χ4n) is 23.4. The SMILES string of the molecule is CC1(C)c2ccc(-c3ccc(-c4cc(-c5ccc6c(c5)C(c5ccccc5)(c5ccc(-c7cccc8cc9c(cc78)C(C)(C)c7ccc(-c8ccc(-c%10cc(-c%11ccc%12c(c%11)-c%11ccccc%11C%12(c%11ccccc%11)c%11ccccc%11)nc(-c%11ccccc%11)n%10)c%10ccccc8%10)cc7-9)cc5)c5ccccc5-6)nc(-c5ccccc5)n4)c4ccccc34)cc2-c2cc3ccccc3cc21. The van der Waals surface area contributed by atoms with Crippen molar-refractivity contribution in [2.75, 3.05) is 0 Å². The maximum Gasteiger partial charge on any atom is 0.160 e. The third kappa shape index (κ3) is 11.6. The third-order valence-corrected chi connectivity index (χ3v) is 29.7. The number of benzene rings is 20. The zero-order valence-corrected chi connectivity index (χ0v) is 73.5. The van der Waals surface area contributed by atoms with E-state index in [0.29, 0.717) is 11.6 Å². The minimum atomic E-state index is -0.702. The maximum absolute atomic E-state index is 5.57. The smallest absolute Gasteiger partial charge is 0.160 e. The molecule has 22 aromatic rings. The quantitative estimate of drug-likeness (QED) is 0.115. The van der Waals surface area contributed by atoms with Crippen molar-refractivity contribution >= 4 is 43.1 Å². The van der Waals surface area contributed by atoms with Crippen LogP contribution in [0.3, 0.4) is 0 Å². The summed E-state index contributed by atoms with van der Waals surface area (Å²) in [6.45, 7) is 9.55. The number of hydrogen-bond acceptors (Lipinski definition) is 4. The van der Waals surface area contributed by atoms with Crippen molar-refractivity contribution in [3.8, 4) is 146 Å². The molecular formula is C128H86N4. The minimum Gasteiger partial charge on any atom is -0.228 e. The van der Waals surface area contributed by atoms with Gasteiger partial charge in [0.25, 0.3) is 0 Å². The van der Waals surface area contributed by atoms with Gasteiger partial charge in [-0.3, -0.25) is 0 Å². The van der Waals surface area contributed by atoms with Crippen LogP contribution in [-0.4, -0.2) is 19.9 Å². The van der Waals surface area contributed by atoms with Gasteiger partial charge in [-0.15, -0.1) is 0 Å². The summed E-state index contributed by atoms with van der Waals surface area (Å²) in [6.07, 6.45) is 0. The Hall–Kier alpha value is -16.4. The van der Waals surface area contributed by atoms with Crippen LogP contribution in [0.15, 0.2) is 449 Å². The van der Waals surface area contributed by atoms with E-state index >= 15 is 0 Å². The molecule has 618 valence electrons. The molecule has 0 bridgehead atoms. The van der Waals surface area contributed by atoms with Crippen molar-refractivity contribution in [2.45, 2.75) is 49.4 Å². The number of aromatic nitrogens is 4. The highest BCUT2D eigenvalue weighted by Crippen LogP contribution is 2.61. The lowest BCUT2D eigenvalue weighted by atomic mass is 9.67. The molecule has 4 nitrogen and oxygen atoms in total. The predicted octanol–water partition coefficient (Wildman–Crippen LogP) is 32.2. The normalized spacial score (nSPS) is 14.7. The summed E-state index contributed by atoms with van der Waals surface area (Å²) in [6, 6.07) is 167. The Balaban J connectivity index is 0.548. The average Bonchev–Trinajstić information content (AvgIpc) is 1.54. The standard InChI is InChI=1S/C128H86N4/c1-125(2)111-66-56-85(71-107(111)109-69-82-35-20-21-36-83(82)74-116(109)125)94-63-65-104(99-47-25-23-44-96(94)99)122-78-120(130-124(132-122)81-33-12-6-13-34-81)88-55-61-102-100-48-26-28-51-113(100)128(118(102)75-88,91-42-18-9-19-43-91)92-59-53-79(54-60-92)93-50-30-37-84-70-110-108-72-86(57-67-112(108)126(3,4)117(110)76-105(84)93)95-62-64-103(98-46-24-22-45-97(95)98)121-77-119(129-123(131-121)80-31-10-5-11-32-80)87-58-68-115-106(73-87)101-49-27-29-52-114(101)127(115,89-38-14-7-15-39-89)90-40-16-8-17-41-90/h5-78H,1-4H3. The van der Waals surface area contributed by atoms with E-state index in [1.807, 2.05) is 0 Å². The highest BCUT2D eigenvalue weighted by atomic mass is 14.9. The summed E-state index contributed by atoms with van der Waals surface area (Å²) >= 11 is 0. The molecule has 0 saturated carbocycles. The van der Waals surface area contributed by atoms with Crippen LogP contribution >= 0.6 is 0 Å². The van der Waals surface area contributed by atoms with Crippen LogP contribution in [0.25, 0.3) is 189 Å². The molecule has 1 atom stereocenters. The second-order valence-electron chi connectivity index (χ2n) is 37.3. The zero-order valence-electron chi connectivity index (χ0n) is 73.5. The van der Waals surface area contributed by atoms with Crippen molar-refractivity contribution in [1.82, 2.24) is 19.9 Å². The van der Waals surface area contributed by atoms with Gasteiger partial charge in [-0.2, -0.15) is 0 Å². The lowest BCUT2D eigenvalue weighted by molar-refractivity contribution is 0.661. The van der Waals surface area contributed by atoms with Gasteiger partial charge in [0.15, 0.2) is 11.6 Å². The average molecular weight is 1680 g/mol. The lowest BCUT2D eigenvalue weighted by Gasteiger charge is -2.34. The fourth-order valence-corrected chi connectivity index (χ4v) is 23.4. The molecule has 26 rings (SSSR count). The van der Waals surface area contributed by atoms with E-state index in [9.17, 15) is 0 Å². The molecule has 132 heavy (non-hydrogen) atoms. The first-order chi connectivity index (χ1) is 64.9. The van der Waals surface area contributed by atoms with E-state index in [-0.39, 0.29) is 10.8 Å². The summed E-state index contributed by atoms with van der Waals surface area (Å²) < 4.78 is 0. The number of nitrogens with zero attached hydrogens (tertiary/aromatic N) is 4. The molecule has 2 aromatic heterocycles. The van der Waals surface area contributed by atoms with Crippen LogP contribution in [-0.2, 0) is 21.7 Å². The second kappa shape index (κ2) is 29.6. The molecule has 0 amide bonds. The Morgan fingerprint density at radius 3 is 1.00 bits per heavy atom. The maximum atomic E-state index is 5.57. The summed E-state index contributed by atoms with van der Waals surface area (Å²) in [5, 5.41) is 9.57. The molecule has 0 N–H and O–H groups in total. The Labute approximate surface area is 768 Å². The van der Waals surface area contributed by atoms with E-state index < -0.39 is 10.8 Å². The summed E-state index contributed by atoms with van der Waals surface area (Å²) in [7, 11) is 0. The van der Waals surface area contributed by atoms with Gasteiger partial charge in [-0.25, -0.2) is 19.9 Å². The van der Waals surface area contributed by atoms with Gasteiger partial charge in [0.1, 0.15) is 0 Å². The van der Waals surface area contributed by atoms with Gasteiger partial charge < -0.3 is 0 Å². The minimum absolute atomic E-state index is 0.130. The van der Waals surface area contributed by atoms with E-state index in [2.05, 4.69) is 477 Å². The molecule has 0 radical (unpaired) electrons. The van der Waals surface area contributed by atoms with Gasteiger partial charge in [0, 0.05) is 44.2 Å². The van der Waals surface area contributed by atoms with Crippen LogP contribution in [0, 0.1) is 0 Å². The van der Waals surface area contributed by atoms with Gasteiger partial charge in [0.2, 0.25) is 0 Å². The third-order valence-electron chi connectivity index (χ3n) is 29.7. The summed E-state index contributed by atoms with van der Waals surface area (Å²) in [5.41, 5.74) is 40.3. The highest BCUT2D eigenvalue weighted by molar-refractivity contribution is 6.09. The largest absolute Gasteiger partial charge is 0.228 e. The molecule has 0 saturated heterocycles. The number of rotatable bonds is 13. The molecule has 1 unspecified atom stereocenters. The van der Waals surface area contributed by atoms with Crippen LogP contribution in [0.5, 0.6) is 0 Å². The van der Waals surface area contributed by atoms with Crippen LogP contribution in [0.1, 0.15) is 94.5 Å². The van der Waals surface area contributed by atoms with Crippen molar-refractivity contribution in [3.63, 3.8) is 0 Å². The van der Waals surface area contributed by atoms with Gasteiger partial charge in [-0.05, 0) is 248 Å². The van der Waals surface area contributed by atoms with Crippen molar-refractivity contribution in [1.29, 1.82) is 0 Å². The Bertz CT molecular complexity index is 8510. The second-order valence-corrected chi connectivity index (χ2v) is 37.3. The summed E-state index contributed by atoms with van der Waals surface area (Å²) in [4.78, 5) is 22.0. The first kappa shape index (κ1) is 76.8. The molecular weight excluding hydrogens is 1590 g/mol.